The lowest BCUT2D eigenvalue weighted by Crippen LogP contribution is -2.36. The Bertz CT molecular complexity index is 1060. The van der Waals surface area contributed by atoms with Crippen LogP contribution in [0.2, 0.25) is 0 Å². The molecule has 0 amide bonds. The predicted octanol–water partition coefficient (Wildman–Crippen LogP) is 3.50. The Labute approximate surface area is 188 Å². The summed E-state index contributed by atoms with van der Waals surface area (Å²) in [6.45, 7) is 5.33. The maximum Gasteiger partial charge on any atom is 0.170 e. The topological polar surface area (TPSA) is 93.1 Å². The highest BCUT2D eigenvalue weighted by atomic mass is 16.5. The zero-order chi connectivity index (χ0) is 22.3. The Kier molecular flexibility index (Phi) is 7.01. The molecule has 0 unspecified atom stereocenters. The first-order valence-electron chi connectivity index (χ1n) is 10.9. The molecule has 2 aliphatic rings. The molecule has 3 aromatic rings. The lowest BCUT2D eigenvalue weighted by atomic mass is 10.1. The van der Waals surface area contributed by atoms with Crippen LogP contribution in [0, 0.1) is 6.92 Å². The van der Waals surface area contributed by atoms with Gasteiger partial charge in [-0.15, -0.1) is 5.10 Å². The summed E-state index contributed by atoms with van der Waals surface area (Å²) in [7, 11) is 1.92. The van der Waals surface area contributed by atoms with Crippen LogP contribution in [0.15, 0.2) is 42.9 Å². The van der Waals surface area contributed by atoms with E-state index in [9.17, 15) is 4.79 Å². The average Bonchev–Trinajstić information content (AvgIpc) is 3.71. The van der Waals surface area contributed by atoms with E-state index in [0.717, 1.165) is 60.9 Å². The molecular formula is C24H28N6O2. The molecule has 0 atom stereocenters. The zero-order valence-electron chi connectivity index (χ0n) is 18.5. The molecule has 0 radical (unpaired) electrons. The van der Waals surface area contributed by atoms with Gasteiger partial charge in [0.25, 0.3) is 0 Å². The van der Waals surface area contributed by atoms with Gasteiger partial charge >= 0.3 is 0 Å². The lowest BCUT2D eigenvalue weighted by Gasteiger charge is -2.27. The van der Waals surface area contributed by atoms with E-state index in [-0.39, 0.29) is 0 Å². The van der Waals surface area contributed by atoms with Gasteiger partial charge in [0.1, 0.15) is 11.5 Å². The summed E-state index contributed by atoms with van der Waals surface area (Å²) in [6.07, 6.45) is 8.58. The molecule has 32 heavy (non-hydrogen) atoms. The summed E-state index contributed by atoms with van der Waals surface area (Å²) in [6, 6.07) is 8.10. The van der Waals surface area contributed by atoms with Crippen molar-refractivity contribution in [2.45, 2.75) is 25.7 Å². The van der Waals surface area contributed by atoms with E-state index < -0.39 is 0 Å². The first-order valence-corrected chi connectivity index (χ1v) is 10.9. The molecule has 1 aliphatic heterocycles. The van der Waals surface area contributed by atoms with Gasteiger partial charge in [-0.1, -0.05) is 6.07 Å². The van der Waals surface area contributed by atoms with Crippen molar-refractivity contribution in [2.24, 2.45) is 0 Å². The fraction of sp³-hybridized carbons (Fsp3) is 0.375. The van der Waals surface area contributed by atoms with Crippen molar-refractivity contribution in [1.29, 1.82) is 0 Å². The quantitative estimate of drug-likeness (QED) is 0.613. The number of hydrogen-bond acceptors (Lipinski definition) is 8. The van der Waals surface area contributed by atoms with Crippen LogP contribution in [0.1, 0.15) is 40.4 Å². The molecule has 2 aromatic heterocycles. The summed E-state index contributed by atoms with van der Waals surface area (Å²) < 4.78 is 5.39. The van der Waals surface area contributed by atoms with E-state index in [1.165, 1.54) is 18.4 Å². The van der Waals surface area contributed by atoms with E-state index in [1.807, 2.05) is 25.5 Å². The number of morpholine rings is 1. The second-order valence-electron chi connectivity index (χ2n) is 7.95. The second-order valence-corrected chi connectivity index (χ2v) is 7.95. The number of ether oxygens (including phenoxy) is 1. The van der Waals surface area contributed by atoms with Crippen molar-refractivity contribution in [1.82, 2.24) is 20.2 Å². The van der Waals surface area contributed by atoms with E-state index in [2.05, 4.69) is 50.5 Å². The Balaban J connectivity index is 0.000000186. The number of benzene rings is 1. The standard InChI is InChI=1S/C16H20N4O.C8H8N2O/c1-12-3-4-13(17-2)9-14(12)15-10-18-11-16(19-15)20-5-7-21-8-6-20;11-5-8-3-7(4-9-10-8)6-1-2-6/h3-4,9-11,17H,5-8H2,1-2H3;3-6H,1-2H2. The predicted molar refractivity (Wildman–Crippen MR) is 124 cm³/mol. The maximum absolute atomic E-state index is 10.3. The molecule has 0 spiro atoms. The minimum Gasteiger partial charge on any atom is -0.388 e. The number of hydrogen-bond donors (Lipinski definition) is 1. The molecule has 0 bridgehead atoms. The smallest absolute Gasteiger partial charge is 0.170 e. The summed E-state index contributed by atoms with van der Waals surface area (Å²) >= 11 is 0. The largest absolute Gasteiger partial charge is 0.388 e. The van der Waals surface area contributed by atoms with Crippen molar-refractivity contribution >= 4 is 17.8 Å². The van der Waals surface area contributed by atoms with Gasteiger partial charge in [-0.25, -0.2) is 4.98 Å². The number of carbonyl (C=O) groups excluding carboxylic acids is 1. The van der Waals surface area contributed by atoms with Gasteiger partial charge in [-0.05, 0) is 55.0 Å². The normalized spacial score (nSPS) is 15.5. The number of anilines is 2. The van der Waals surface area contributed by atoms with Crippen molar-refractivity contribution in [3.05, 3.63) is 59.7 Å². The highest BCUT2D eigenvalue weighted by Gasteiger charge is 2.24. The Morgan fingerprint density at radius 2 is 1.94 bits per heavy atom. The fourth-order valence-electron chi connectivity index (χ4n) is 3.58. The molecular weight excluding hydrogens is 404 g/mol. The first kappa shape index (κ1) is 21.8. The molecule has 1 saturated carbocycles. The van der Waals surface area contributed by atoms with Crippen LogP contribution < -0.4 is 10.2 Å². The van der Waals surface area contributed by atoms with Gasteiger partial charge in [0.15, 0.2) is 6.29 Å². The Morgan fingerprint density at radius 3 is 2.66 bits per heavy atom. The van der Waals surface area contributed by atoms with Crippen LogP contribution in [-0.4, -0.2) is 59.8 Å². The Hall–Kier alpha value is -3.39. The van der Waals surface area contributed by atoms with Crippen LogP contribution in [0.4, 0.5) is 11.5 Å². The molecule has 166 valence electrons. The molecule has 5 rings (SSSR count). The van der Waals surface area contributed by atoms with Gasteiger partial charge < -0.3 is 15.0 Å². The van der Waals surface area contributed by atoms with Crippen LogP contribution in [-0.2, 0) is 4.74 Å². The second kappa shape index (κ2) is 10.3. The summed E-state index contributed by atoms with van der Waals surface area (Å²) in [5.41, 5.74) is 5.89. The van der Waals surface area contributed by atoms with Crippen molar-refractivity contribution in [3.63, 3.8) is 0 Å². The Morgan fingerprint density at radius 1 is 1.12 bits per heavy atom. The van der Waals surface area contributed by atoms with Crippen LogP contribution in [0.25, 0.3) is 11.3 Å². The number of carbonyl (C=O) groups is 1. The molecule has 2 fully saturated rings. The van der Waals surface area contributed by atoms with Gasteiger partial charge in [-0.3, -0.25) is 9.78 Å². The van der Waals surface area contributed by atoms with E-state index in [1.54, 1.807) is 6.20 Å². The van der Waals surface area contributed by atoms with Crippen LogP contribution >= 0.6 is 0 Å². The summed E-state index contributed by atoms with van der Waals surface area (Å²) in [4.78, 5) is 21.7. The van der Waals surface area contributed by atoms with E-state index in [4.69, 9.17) is 9.72 Å². The summed E-state index contributed by atoms with van der Waals surface area (Å²) in [5.74, 6) is 1.56. The number of aromatic nitrogens is 4. The molecule has 1 aromatic carbocycles. The van der Waals surface area contributed by atoms with Crippen molar-refractivity contribution in [2.75, 3.05) is 43.6 Å². The van der Waals surface area contributed by atoms with E-state index >= 15 is 0 Å². The van der Waals surface area contributed by atoms with Gasteiger partial charge in [-0.2, -0.15) is 5.10 Å². The van der Waals surface area contributed by atoms with E-state index in [0.29, 0.717) is 11.6 Å². The van der Waals surface area contributed by atoms with Gasteiger partial charge in [0, 0.05) is 31.4 Å². The number of nitrogens with zero attached hydrogens (tertiary/aromatic N) is 5. The SMILES string of the molecule is CNc1ccc(C)c(-c2cncc(N3CCOCC3)n2)c1.O=Cc1cc(C2CC2)cnn1. The minimum absolute atomic E-state index is 0.439. The van der Waals surface area contributed by atoms with Gasteiger partial charge in [0.2, 0.25) is 0 Å². The fourth-order valence-corrected chi connectivity index (χ4v) is 3.58. The zero-order valence-corrected chi connectivity index (χ0v) is 18.5. The number of aryl methyl sites for hydroxylation is 1. The molecule has 1 saturated heterocycles. The number of aldehydes is 1. The number of rotatable bonds is 5. The third kappa shape index (κ3) is 5.45. The number of nitrogens with one attached hydrogen (secondary N) is 1. The highest BCUT2D eigenvalue weighted by Crippen LogP contribution is 2.39. The third-order valence-electron chi connectivity index (χ3n) is 5.62. The summed E-state index contributed by atoms with van der Waals surface area (Å²) in [5, 5.41) is 10.6. The minimum atomic E-state index is 0.439. The third-order valence-corrected chi connectivity index (χ3v) is 5.62. The van der Waals surface area contributed by atoms with Crippen LogP contribution in [0.5, 0.6) is 0 Å². The lowest BCUT2D eigenvalue weighted by molar-refractivity contribution is 0.111. The monoisotopic (exact) mass is 432 g/mol. The van der Waals surface area contributed by atoms with Crippen molar-refractivity contribution < 1.29 is 9.53 Å². The molecule has 8 heteroatoms. The maximum atomic E-state index is 10.3. The van der Waals surface area contributed by atoms with Gasteiger partial charge in [0.05, 0.1) is 37.5 Å². The van der Waals surface area contributed by atoms with Crippen LogP contribution in [0.3, 0.4) is 0 Å². The molecule has 8 nitrogen and oxygen atoms in total. The van der Waals surface area contributed by atoms with Crippen molar-refractivity contribution in [3.8, 4) is 11.3 Å². The highest BCUT2D eigenvalue weighted by molar-refractivity contribution is 5.71. The average molecular weight is 433 g/mol. The molecule has 3 heterocycles. The molecule has 1 aliphatic carbocycles. The first-order chi connectivity index (χ1) is 15.7. The molecule has 1 N–H and O–H groups in total.